The molecule has 0 bridgehead atoms. The second kappa shape index (κ2) is 4.46. The predicted molar refractivity (Wildman–Crippen MR) is 68.8 cm³/mol. The number of hydrogen-bond acceptors (Lipinski definition) is 3. The molecule has 2 rings (SSSR count). The maximum atomic E-state index is 13.1. The highest BCUT2D eigenvalue weighted by Crippen LogP contribution is 2.37. The number of halogens is 2. The highest BCUT2D eigenvalue weighted by molar-refractivity contribution is 9.10. The number of nitrogen functional groups attached to an aromatic ring is 1. The number of nitrogens with two attached hydrogens (primary N) is 1. The third kappa shape index (κ3) is 2.32. The fraction of sp³-hybridized carbons (Fsp3) is 0. The van der Waals surface area contributed by atoms with Gasteiger partial charge in [0, 0.05) is 14.9 Å². The van der Waals surface area contributed by atoms with Gasteiger partial charge >= 0.3 is 5.97 Å². The maximum absolute atomic E-state index is 13.1. The first kappa shape index (κ1) is 12.1. The summed E-state index contributed by atoms with van der Waals surface area (Å²) in [4.78, 5) is 11.5. The van der Waals surface area contributed by atoms with E-state index in [4.69, 9.17) is 10.8 Å². The molecule has 0 radical (unpaired) electrons. The standard InChI is InChI=1S/C11H7BrFNO2S/c12-7-2-1-5(13)3-6(7)9-4-8(14)10(17-9)11(15)16/h1-4H,14H2,(H,15,16). The summed E-state index contributed by atoms with van der Waals surface area (Å²) in [5, 5.41) is 8.89. The first-order valence-corrected chi connectivity index (χ1v) is 6.18. The molecule has 0 amide bonds. The van der Waals surface area contributed by atoms with Crippen LogP contribution in [0.2, 0.25) is 0 Å². The fourth-order valence-corrected chi connectivity index (χ4v) is 2.93. The van der Waals surface area contributed by atoms with E-state index in [1.54, 1.807) is 6.07 Å². The number of aromatic carboxylic acids is 1. The fourth-order valence-electron chi connectivity index (χ4n) is 1.39. The van der Waals surface area contributed by atoms with Gasteiger partial charge in [0.2, 0.25) is 0 Å². The van der Waals surface area contributed by atoms with Gasteiger partial charge in [-0.2, -0.15) is 0 Å². The summed E-state index contributed by atoms with van der Waals surface area (Å²) in [5.74, 6) is -1.46. The van der Waals surface area contributed by atoms with Crippen LogP contribution in [0.3, 0.4) is 0 Å². The van der Waals surface area contributed by atoms with Crippen LogP contribution in [0.1, 0.15) is 9.67 Å². The van der Waals surface area contributed by atoms with Crippen molar-refractivity contribution in [2.24, 2.45) is 0 Å². The Morgan fingerprint density at radius 1 is 1.41 bits per heavy atom. The van der Waals surface area contributed by atoms with Gasteiger partial charge in [-0.05, 0) is 24.3 Å². The Labute approximate surface area is 109 Å². The van der Waals surface area contributed by atoms with E-state index in [2.05, 4.69) is 15.9 Å². The molecule has 0 spiro atoms. The molecule has 0 aliphatic carbocycles. The molecule has 0 unspecified atom stereocenters. The zero-order valence-corrected chi connectivity index (χ0v) is 10.8. The molecule has 88 valence electrons. The molecule has 2 aromatic rings. The molecule has 1 heterocycles. The Morgan fingerprint density at radius 2 is 2.12 bits per heavy atom. The summed E-state index contributed by atoms with van der Waals surface area (Å²) in [6, 6.07) is 5.76. The summed E-state index contributed by atoms with van der Waals surface area (Å²) < 4.78 is 13.8. The van der Waals surface area contributed by atoms with E-state index in [0.29, 0.717) is 14.9 Å². The van der Waals surface area contributed by atoms with Gasteiger partial charge < -0.3 is 10.8 Å². The molecule has 0 aliphatic heterocycles. The van der Waals surface area contributed by atoms with Crippen LogP contribution in [-0.4, -0.2) is 11.1 Å². The minimum Gasteiger partial charge on any atom is -0.477 e. The predicted octanol–water partition coefficient (Wildman–Crippen LogP) is 3.60. The van der Waals surface area contributed by atoms with Gasteiger partial charge in [-0.3, -0.25) is 0 Å². The van der Waals surface area contributed by atoms with Crippen LogP contribution in [-0.2, 0) is 0 Å². The smallest absolute Gasteiger partial charge is 0.348 e. The molecular formula is C11H7BrFNO2S. The summed E-state index contributed by atoms with van der Waals surface area (Å²) >= 11 is 4.31. The van der Waals surface area contributed by atoms with Crippen molar-refractivity contribution >= 4 is 38.9 Å². The zero-order chi connectivity index (χ0) is 12.6. The number of carboxylic acids is 1. The largest absolute Gasteiger partial charge is 0.477 e. The van der Waals surface area contributed by atoms with Crippen LogP contribution in [0, 0.1) is 5.82 Å². The van der Waals surface area contributed by atoms with Crippen molar-refractivity contribution in [2.45, 2.75) is 0 Å². The van der Waals surface area contributed by atoms with E-state index < -0.39 is 5.97 Å². The Balaban J connectivity index is 2.57. The lowest BCUT2D eigenvalue weighted by Crippen LogP contribution is -1.96. The van der Waals surface area contributed by atoms with Gasteiger partial charge in [-0.25, -0.2) is 9.18 Å². The van der Waals surface area contributed by atoms with Crippen molar-refractivity contribution in [3.05, 3.63) is 39.4 Å². The van der Waals surface area contributed by atoms with E-state index >= 15 is 0 Å². The van der Waals surface area contributed by atoms with E-state index in [0.717, 1.165) is 11.3 Å². The third-order valence-electron chi connectivity index (χ3n) is 2.15. The molecule has 3 N–H and O–H groups in total. The number of thiophene rings is 1. The van der Waals surface area contributed by atoms with Gasteiger partial charge in [0.25, 0.3) is 0 Å². The van der Waals surface area contributed by atoms with E-state index in [-0.39, 0.29) is 16.4 Å². The van der Waals surface area contributed by atoms with Gasteiger partial charge in [0.05, 0.1) is 5.69 Å². The molecule has 1 aromatic heterocycles. The first-order valence-electron chi connectivity index (χ1n) is 4.57. The van der Waals surface area contributed by atoms with E-state index in [9.17, 15) is 9.18 Å². The van der Waals surface area contributed by atoms with Crippen molar-refractivity contribution in [2.75, 3.05) is 5.73 Å². The van der Waals surface area contributed by atoms with Crippen molar-refractivity contribution < 1.29 is 14.3 Å². The normalized spacial score (nSPS) is 10.5. The summed E-state index contributed by atoms with van der Waals surface area (Å²) in [7, 11) is 0. The second-order valence-corrected chi connectivity index (χ2v) is 5.23. The van der Waals surface area contributed by atoms with Crippen LogP contribution >= 0.6 is 27.3 Å². The minimum absolute atomic E-state index is 0.0659. The molecule has 0 saturated heterocycles. The topological polar surface area (TPSA) is 63.3 Å². The van der Waals surface area contributed by atoms with Crippen LogP contribution in [0.4, 0.5) is 10.1 Å². The van der Waals surface area contributed by atoms with Crippen LogP contribution in [0.15, 0.2) is 28.7 Å². The lowest BCUT2D eigenvalue weighted by atomic mass is 10.2. The molecule has 17 heavy (non-hydrogen) atoms. The molecule has 0 aliphatic rings. The van der Waals surface area contributed by atoms with Gasteiger partial charge in [0.15, 0.2) is 0 Å². The summed E-state index contributed by atoms with van der Waals surface area (Å²) in [6.07, 6.45) is 0. The minimum atomic E-state index is -1.08. The number of carbonyl (C=O) groups is 1. The molecular weight excluding hydrogens is 309 g/mol. The quantitative estimate of drug-likeness (QED) is 0.890. The van der Waals surface area contributed by atoms with Gasteiger partial charge in [0.1, 0.15) is 10.7 Å². The molecule has 1 aromatic carbocycles. The second-order valence-electron chi connectivity index (χ2n) is 3.32. The van der Waals surface area contributed by atoms with Crippen molar-refractivity contribution in [3.63, 3.8) is 0 Å². The first-order chi connectivity index (χ1) is 7.99. The Bertz CT molecular complexity index is 597. The Morgan fingerprint density at radius 3 is 2.71 bits per heavy atom. The van der Waals surface area contributed by atoms with Crippen molar-refractivity contribution in [3.8, 4) is 10.4 Å². The molecule has 6 heteroatoms. The Kier molecular flexibility index (Phi) is 3.17. The summed E-state index contributed by atoms with van der Waals surface area (Å²) in [5.41, 5.74) is 6.37. The highest BCUT2D eigenvalue weighted by Gasteiger charge is 2.15. The van der Waals surface area contributed by atoms with Crippen molar-refractivity contribution in [1.82, 2.24) is 0 Å². The third-order valence-corrected chi connectivity index (χ3v) is 4.01. The zero-order valence-electron chi connectivity index (χ0n) is 8.41. The lowest BCUT2D eigenvalue weighted by molar-refractivity contribution is 0.0703. The lowest BCUT2D eigenvalue weighted by Gasteiger charge is -2.00. The maximum Gasteiger partial charge on any atom is 0.348 e. The number of rotatable bonds is 2. The molecule has 0 atom stereocenters. The SMILES string of the molecule is Nc1cc(-c2cc(F)ccc2Br)sc1C(=O)O. The Hall–Kier alpha value is -1.40. The van der Waals surface area contributed by atoms with E-state index in [1.807, 2.05) is 0 Å². The monoisotopic (exact) mass is 315 g/mol. The van der Waals surface area contributed by atoms with Gasteiger partial charge in [-0.15, -0.1) is 11.3 Å². The molecule has 3 nitrogen and oxygen atoms in total. The average molecular weight is 316 g/mol. The van der Waals surface area contributed by atoms with Gasteiger partial charge in [-0.1, -0.05) is 15.9 Å². The van der Waals surface area contributed by atoms with Crippen LogP contribution < -0.4 is 5.73 Å². The van der Waals surface area contributed by atoms with Crippen LogP contribution in [0.5, 0.6) is 0 Å². The number of carboxylic acid groups (broad SMARTS) is 1. The number of benzene rings is 1. The van der Waals surface area contributed by atoms with Crippen LogP contribution in [0.25, 0.3) is 10.4 Å². The summed E-state index contributed by atoms with van der Waals surface area (Å²) in [6.45, 7) is 0. The number of anilines is 1. The average Bonchev–Trinajstić information content (AvgIpc) is 2.64. The molecule has 0 fully saturated rings. The number of hydrogen-bond donors (Lipinski definition) is 2. The van der Waals surface area contributed by atoms with Crippen molar-refractivity contribution in [1.29, 1.82) is 0 Å². The molecule has 0 saturated carbocycles. The van der Waals surface area contributed by atoms with E-state index in [1.165, 1.54) is 18.2 Å². The highest BCUT2D eigenvalue weighted by atomic mass is 79.9.